The fourth-order valence-electron chi connectivity index (χ4n) is 1.70. The highest BCUT2D eigenvalue weighted by molar-refractivity contribution is 7.94. The Morgan fingerprint density at radius 3 is 2.29 bits per heavy atom. The van der Waals surface area contributed by atoms with Crippen LogP contribution >= 0.6 is 0 Å². The highest BCUT2D eigenvalue weighted by Crippen LogP contribution is 2.29. The van der Waals surface area contributed by atoms with E-state index < -0.39 is 10.2 Å². The second-order valence-corrected chi connectivity index (χ2v) is 5.27. The van der Waals surface area contributed by atoms with Crippen LogP contribution in [0.1, 0.15) is 11.3 Å². The Balaban J connectivity index is 2.38. The maximum Gasteiger partial charge on any atom is 0.324 e. The van der Waals surface area contributed by atoms with Crippen LogP contribution < -0.4 is 9.44 Å². The van der Waals surface area contributed by atoms with Crippen LogP contribution in [0.3, 0.4) is 0 Å². The summed E-state index contributed by atoms with van der Waals surface area (Å²) < 4.78 is 27.2. The van der Waals surface area contributed by atoms with E-state index in [1.165, 1.54) is 0 Å². The maximum atomic E-state index is 11.3. The Morgan fingerprint density at radius 2 is 1.65 bits per heavy atom. The van der Waals surface area contributed by atoms with Crippen molar-refractivity contribution in [2.75, 3.05) is 9.44 Å². The monoisotopic (exact) mass is 251 g/mol. The molecule has 8 heteroatoms. The van der Waals surface area contributed by atoms with E-state index in [4.69, 9.17) is 0 Å². The number of aromatic nitrogens is 3. The van der Waals surface area contributed by atoms with Crippen molar-refractivity contribution in [3.63, 3.8) is 0 Å². The van der Waals surface area contributed by atoms with Gasteiger partial charge >= 0.3 is 10.2 Å². The third-order valence-electron chi connectivity index (χ3n) is 2.53. The summed E-state index contributed by atoms with van der Waals surface area (Å²) in [7, 11) is -3.55. The van der Waals surface area contributed by atoms with Gasteiger partial charge in [-0.05, 0) is 19.4 Å². The van der Waals surface area contributed by atoms with Crippen molar-refractivity contribution >= 4 is 32.9 Å². The van der Waals surface area contributed by atoms with Gasteiger partial charge in [-0.1, -0.05) is 0 Å². The molecule has 1 aliphatic rings. The molecule has 0 radical (unpaired) electrons. The molecule has 0 unspecified atom stereocenters. The van der Waals surface area contributed by atoms with Crippen molar-refractivity contribution < 1.29 is 8.42 Å². The first-order chi connectivity index (χ1) is 7.96. The summed E-state index contributed by atoms with van der Waals surface area (Å²) in [5.41, 5.74) is 2.83. The molecular formula is C9H9N5O2S. The SMILES string of the molecule is Cc1cnc(C)c2nc3c(nc12)NS(=O)(=O)N3. The second-order valence-electron chi connectivity index (χ2n) is 3.85. The lowest BCUT2D eigenvalue weighted by atomic mass is 10.2. The zero-order chi connectivity index (χ0) is 12.2. The molecule has 2 aromatic heterocycles. The van der Waals surface area contributed by atoms with Gasteiger partial charge in [0, 0.05) is 6.20 Å². The summed E-state index contributed by atoms with van der Waals surface area (Å²) in [6.07, 6.45) is 1.69. The number of fused-ring (bicyclic) bond motifs is 2. The molecule has 0 saturated heterocycles. The molecule has 0 aliphatic carbocycles. The molecule has 0 spiro atoms. The van der Waals surface area contributed by atoms with Gasteiger partial charge < -0.3 is 0 Å². The lowest BCUT2D eigenvalue weighted by molar-refractivity contribution is 0.607. The summed E-state index contributed by atoms with van der Waals surface area (Å²) in [6, 6.07) is 0. The van der Waals surface area contributed by atoms with Gasteiger partial charge in [0.2, 0.25) is 0 Å². The third-order valence-corrected chi connectivity index (χ3v) is 3.45. The Morgan fingerprint density at radius 1 is 1.06 bits per heavy atom. The quantitative estimate of drug-likeness (QED) is 0.719. The van der Waals surface area contributed by atoms with Crippen LogP contribution in [0.25, 0.3) is 11.0 Å². The lowest BCUT2D eigenvalue weighted by Gasteiger charge is -2.04. The van der Waals surface area contributed by atoms with Crippen LogP contribution in [-0.2, 0) is 10.2 Å². The molecule has 0 aromatic carbocycles. The van der Waals surface area contributed by atoms with E-state index >= 15 is 0 Å². The first-order valence-corrected chi connectivity index (χ1v) is 6.39. The van der Waals surface area contributed by atoms with Gasteiger partial charge in [0.25, 0.3) is 0 Å². The minimum atomic E-state index is -3.55. The van der Waals surface area contributed by atoms with E-state index in [2.05, 4.69) is 24.4 Å². The number of nitrogens with one attached hydrogen (secondary N) is 2. The number of aryl methyl sites for hydroxylation is 2. The molecule has 2 aromatic rings. The summed E-state index contributed by atoms with van der Waals surface area (Å²) in [5, 5.41) is 0. The van der Waals surface area contributed by atoms with Crippen molar-refractivity contribution in [3.05, 3.63) is 17.5 Å². The first kappa shape index (κ1) is 10.2. The van der Waals surface area contributed by atoms with Gasteiger partial charge in [-0.3, -0.25) is 4.98 Å². The molecule has 0 atom stereocenters. The predicted octanol–water partition coefficient (Wildman–Crippen LogP) is 0.724. The zero-order valence-corrected chi connectivity index (χ0v) is 9.96. The maximum absolute atomic E-state index is 11.3. The molecule has 0 fully saturated rings. The van der Waals surface area contributed by atoms with Crippen LogP contribution in [0.2, 0.25) is 0 Å². The Labute approximate surface area is 97.5 Å². The van der Waals surface area contributed by atoms with E-state index in [9.17, 15) is 8.42 Å². The highest BCUT2D eigenvalue weighted by atomic mass is 32.2. The molecule has 7 nitrogen and oxygen atoms in total. The zero-order valence-electron chi connectivity index (χ0n) is 9.14. The van der Waals surface area contributed by atoms with Crippen LogP contribution in [0.5, 0.6) is 0 Å². The van der Waals surface area contributed by atoms with Gasteiger partial charge in [-0.2, -0.15) is 8.42 Å². The number of nitrogens with zero attached hydrogens (tertiary/aromatic N) is 3. The van der Waals surface area contributed by atoms with Crippen molar-refractivity contribution in [2.24, 2.45) is 0 Å². The summed E-state index contributed by atoms with van der Waals surface area (Å²) in [4.78, 5) is 12.7. The molecule has 88 valence electrons. The topological polar surface area (TPSA) is 96.9 Å². The Bertz CT molecular complexity index is 684. The molecule has 17 heavy (non-hydrogen) atoms. The lowest BCUT2D eigenvalue weighted by Crippen LogP contribution is -2.13. The van der Waals surface area contributed by atoms with Gasteiger partial charge in [0.05, 0.1) is 11.2 Å². The van der Waals surface area contributed by atoms with Crippen LogP contribution in [0.4, 0.5) is 11.6 Å². The van der Waals surface area contributed by atoms with Gasteiger partial charge in [-0.15, -0.1) is 0 Å². The van der Waals surface area contributed by atoms with E-state index in [1.54, 1.807) is 13.1 Å². The standard InChI is InChI=1S/C9H9N5O2S/c1-4-3-10-5(2)7-6(4)11-8-9(12-7)14-17(15,16)13-8/h3H,1-2H3,(H,11,13)(H,12,14). The van der Waals surface area contributed by atoms with Crippen LogP contribution in [0.15, 0.2) is 6.20 Å². The van der Waals surface area contributed by atoms with Gasteiger partial charge in [0.1, 0.15) is 5.52 Å². The van der Waals surface area contributed by atoms with E-state index in [1.807, 2.05) is 6.92 Å². The molecule has 0 amide bonds. The van der Waals surface area contributed by atoms with Crippen molar-refractivity contribution in [2.45, 2.75) is 13.8 Å². The Hall–Kier alpha value is -1.96. The summed E-state index contributed by atoms with van der Waals surface area (Å²) >= 11 is 0. The second kappa shape index (κ2) is 3.04. The predicted molar refractivity (Wildman–Crippen MR) is 63.0 cm³/mol. The normalized spacial score (nSPS) is 16.4. The average Bonchev–Trinajstić information content (AvgIpc) is 2.54. The molecule has 2 N–H and O–H groups in total. The number of anilines is 2. The van der Waals surface area contributed by atoms with E-state index in [0.717, 1.165) is 5.56 Å². The molecule has 0 saturated carbocycles. The number of rotatable bonds is 0. The molecule has 0 bridgehead atoms. The average molecular weight is 251 g/mol. The molecule has 1 aliphatic heterocycles. The van der Waals surface area contributed by atoms with E-state index in [0.29, 0.717) is 16.7 Å². The fraction of sp³-hybridized carbons (Fsp3) is 0.222. The smallest absolute Gasteiger partial charge is 0.259 e. The first-order valence-electron chi connectivity index (χ1n) is 4.91. The third kappa shape index (κ3) is 1.48. The highest BCUT2D eigenvalue weighted by Gasteiger charge is 2.26. The number of hydrogen-bond donors (Lipinski definition) is 2. The van der Waals surface area contributed by atoms with Crippen LogP contribution in [-0.4, -0.2) is 23.4 Å². The van der Waals surface area contributed by atoms with Crippen LogP contribution in [0, 0.1) is 13.8 Å². The summed E-state index contributed by atoms with van der Waals surface area (Å²) in [6.45, 7) is 3.66. The van der Waals surface area contributed by atoms with Gasteiger partial charge in [-0.25, -0.2) is 19.4 Å². The van der Waals surface area contributed by atoms with Crippen molar-refractivity contribution in [3.8, 4) is 0 Å². The minimum Gasteiger partial charge on any atom is -0.259 e. The number of hydrogen-bond acceptors (Lipinski definition) is 5. The molecular weight excluding hydrogens is 242 g/mol. The molecule has 3 rings (SSSR count). The van der Waals surface area contributed by atoms with E-state index in [-0.39, 0.29) is 11.6 Å². The summed E-state index contributed by atoms with van der Waals surface area (Å²) in [5.74, 6) is 0.444. The van der Waals surface area contributed by atoms with Crippen molar-refractivity contribution in [1.82, 2.24) is 15.0 Å². The fourth-order valence-corrected chi connectivity index (χ4v) is 2.55. The van der Waals surface area contributed by atoms with Gasteiger partial charge in [0.15, 0.2) is 11.6 Å². The minimum absolute atomic E-state index is 0.216. The number of pyridine rings is 1. The van der Waals surface area contributed by atoms with Crippen molar-refractivity contribution in [1.29, 1.82) is 0 Å². The Kier molecular flexibility index (Phi) is 1.82. The molecule has 3 heterocycles. The largest absolute Gasteiger partial charge is 0.324 e.